The molecule has 0 aliphatic heterocycles. The Hall–Kier alpha value is -1.62. The number of methoxy groups -OCH3 is 1. The second-order valence-corrected chi connectivity index (χ2v) is 4.03. The Labute approximate surface area is 101 Å². The minimum Gasteiger partial charge on any atom is -0.385 e. The number of ether oxygens (including phenoxy) is 1. The summed E-state index contributed by atoms with van der Waals surface area (Å²) in [6.45, 7) is 4.45. The first-order valence-corrected chi connectivity index (χ1v) is 5.55. The van der Waals surface area contributed by atoms with E-state index in [1.165, 1.54) is 6.07 Å². The van der Waals surface area contributed by atoms with Crippen molar-refractivity contribution in [3.63, 3.8) is 0 Å². The first kappa shape index (κ1) is 13.4. The fourth-order valence-electron chi connectivity index (χ4n) is 1.61. The summed E-state index contributed by atoms with van der Waals surface area (Å²) >= 11 is 0. The van der Waals surface area contributed by atoms with Crippen molar-refractivity contribution in [1.82, 2.24) is 0 Å². The predicted molar refractivity (Wildman–Crippen MR) is 67.4 cm³/mol. The molecule has 0 aliphatic rings. The van der Waals surface area contributed by atoms with Crippen LogP contribution in [0.1, 0.15) is 18.9 Å². The highest BCUT2D eigenvalue weighted by Crippen LogP contribution is 2.25. The molecule has 1 unspecified atom stereocenters. The minimum atomic E-state index is -0.361. The number of nitrogens with zero attached hydrogens (tertiary/aromatic N) is 1. The van der Waals surface area contributed by atoms with Gasteiger partial charge in [-0.2, -0.15) is 0 Å². The molecule has 0 saturated carbocycles. The van der Waals surface area contributed by atoms with Crippen molar-refractivity contribution in [3.8, 4) is 0 Å². The van der Waals surface area contributed by atoms with Crippen LogP contribution in [0.5, 0.6) is 0 Å². The number of benzene rings is 1. The molecule has 0 spiro atoms. The van der Waals surface area contributed by atoms with Gasteiger partial charge in [0.25, 0.3) is 5.69 Å². The number of anilines is 1. The standard InChI is InChI=1S/C12H18N2O3/c1-9(7-8-17-3)13-11-5-4-6-12(10(11)2)14(15)16/h4-6,9,13H,7-8H2,1-3H3. The van der Waals surface area contributed by atoms with E-state index >= 15 is 0 Å². The molecule has 0 amide bonds. The number of nitro groups is 1. The number of hydrogen-bond donors (Lipinski definition) is 1. The van der Waals surface area contributed by atoms with Crippen LogP contribution in [0.4, 0.5) is 11.4 Å². The average molecular weight is 238 g/mol. The Morgan fingerprint density at radius 1 is 1.53 bits per heavy atom. The summed E-state index contributed by atoms with van der Waals surface area (Å²) in [5.41, 5.74) is 1.62. The van der Waals surface area contributed by atoms with Gasteiger partial charge in [0.2, 0.25) is 0 Å². The summed E-state index contributed by atoms with van der Waals surface area (Å²) in [5.74, 6) is 0. The Balaban J connectivity index is 2.77. The van der Waals surface area contributed by atoms with E-state index in [2.05, 4.69) is 5.32 Å². The lowest BCUT2D eigenvalue weighted by Crippen LogP contribution is -2.18. The minimum absolute atomic E-state index is 0.147. The van der Waals surface area contributed by atoms with Gasteiger partial charge in [0.1, 0.15) is 0 Å². The van der Waals surface area contributed by atoms with Gasteiger partial charge < -0.3 is 10.1 Å². The maximum Gasteiger partial charge on any atom is 0.274 e. The van der Waals surface area contributed by atoms with E-state index in [1.807, 2.05) is 13.0 Å². The Bertz CT molecular complexity index is 393. The predicted octanol–water partition coefficient (Wildman–Crippen LogP) is 2.74. The molecule has 1 aromatic rings. The fraction of sp³-hybridized carbons (Fsp3) is 0.500. The second kappa shape index (κ2) is 6.20. The summed E-state index contributed by atoms with van der Waals surface area (Å²) in [4.78, 5) is 10.4. The van der Waals surface area contributed by atoms with Crippen LogP contribution in [0.3, 0.4) is 0 Å². The lowest BCUT2D eigenvalue weighted by molar-refractivity contribution is -0.385. The van der Waals surface area contributed by atoms with Crippen LogP contribution >= 0.6 is 0 Å². The molecular weight excluding hydrogens is 220 g/mol. The third kappa shape index (κ3) is 3.71. The first-order chi connectivity index (χ1) is 8.06. The average Bonchev–Trinajstić information content (AvgIpc) is 2.28. The quantitative estimate of drug-likeness (QED) is 0.611. The van der Waals surface area contributed by atoms with Gasteiger partial charge in [-0.25, -0.2) is 0 Å². The van der Waals surface area contributed by atoms with E-state index in [0.717, 1.165) is 12.1 Å². The number of nitro benzene ring substituents is 1. The third-order valence-electron chi connectivity index (χ3n) is 2.66. The van der Waals surface area contributed by atoms with E-state index < -0.39 is 0 Å². The summed E-state index contributed by atoms with van der Waals surface area (Å²) in [5, 5.41) is 14.0. The van der Waals surface area contributed by atoms with Crippen LogP contribution in [0.25, 0.3) is 0 Å². The molecular formula is C12H18N2O3. The van der Waals surface area contributed by atoms with Crippen molar-refractivity contribution in [2.75, 3.05) is 19.0 Å². The van der Waals surface area contributed by atoms with Gasteiger partial charge in [-0.05, 0) is 26.3 Å². The van der Waals surface area contributed by atoms with Gasteiger partial charge in [0, 0.05) is 37.1 Å². The van der Waals surface area contributed by atoms with Gasteiger partial charge in [0.05, 0.1) is 4.92 Å². The van der Waals surface area contributed by atoms with Crippen molar-refractivity contribution in [3.05, 3.63) is 33.9 Å². The first-order valence-electron chi connectivity index (χ1n) is 5.55. The van der Waals surface area contributed by atoms with Crippen molar-refractivity contribution in [2.45, 2.75) is 26.3 Å². The normalized spacial score (nSPS) is 12.2. The van der Waals surface area contributed by atoms with Gasteiger partial charge in [-0.1, -0.05) is 6.07 Å². The zero-order valence-corrected chi connectivity index (χ0v) is 10.4. The molecule has 0 fully saturated rings. The zero-order chi connectivity index (χ0) is 12.8. The van der Waals surface area contributed by atoms with Crippen LogP contribution in [0.15, 0.2) is 18.2 Å². The topological polar surface area (TPSA) is 64.4 Å². The van der Waals surface area contributed by atoms with Gasteiger partial charge in [-0.3, -0.25) is 10.1 Å². The van der Waals surface area contributed by atoms with Crippen molar-refractivity contribution >= 4 is 11.4 Å². The van der Waals surface area contributed by atoms with Gasteiger partial charge >= 0.3 is 0 Å². The van der Waals surface area contributed by atoms with Crippen LogP contribution in [0, 0.1) is 17.0 Å². The number of nitrogens with one attached hydrogen (secondary N) is 1. The molecule has 0 heterocycles. The molecule has 1 aromatic carbocycles. The Morgan fingerprint density at radius 3 is 2.82 bits per heavy atom. The summed E-state index contributed by atoms with van der Waals surface area (Å²) in [7, 11) is 1.66. The fourth-order valence-corrected chi connectivity index (χ4v) is 1.61. The molecule has 1 atom stereocenters. The van der Waals surface area contributed by atoms with Gasteiger partial charge in [0.15, 0.2) is 0 Å². The third-order valence-corrected chi connectivity index (χ3v) is 2.66. The molecule has 17 heavy (non-hydrogen) atoms. The number of rotatable bonds is 6. The lowest BCUT2D eigenvalue weighted by atomic mass is 10.1. The van der Waals surface area contributed by atoms with E-state index in [-0.39, 0.29) is 16.7 Å². The van der Waals surface area contributed by atoms with Crippen molar-refractivity contribution in [1.29, 1.82) is 0 Å². The van der Waals surface area contributed by atoms with E-state index in [0.29, 0.717) is 12.2 Å². The molecule has 5 nitrogen and oxygen atoms in total. The SMILES string of the molecule is COCCC(C)Nc1cccc([N+](=O)[O-])c1C. The van der Waals surface area contributed by atoms with Crippen LogP contribution in [-0.2, 0) is 4.74 Å². The Morgan fingerprint density at radius 2 is 2.24 bits per heavy atom. The van der Waals surface area contributed by atoms with Gasteiger partial charge in [-0.15, -0.1) is 0 Å². The lowest BCUT2D eigenvalue weighted by Gasteiger charge is -2.16. The molecule has 0 saturated heterocycles. The molecule has 1 N–H and O–H groups in total. The second-order valence-electron chi connectivity index (χ2n) is 4.03. The highest BCUT2D eigenvalue weighted by molar-refractivity contribution is 5.60. The maximum atomic E-state index is 10.8. The monoisotopic (exact) mass is 238 g/mol. The molecule has 0 radical (unpaired) electrons. The summed E-state index contributed by atoms with van der Waals surface area (Å²) in [6, 6.07) is 5.28. The molecule has 94 valence electrons. The highest BCUT2D eigenvalue weighted by atomic mass is 16.6. The largest absolute Gasteiger partial charge is 0.385 e. The van der Waals surface area contributed by atoms with E-state index in [4.69, 9.17) is 4.74 Å². The smallest absolute Gasteiger partial charge is 0.274 e. The maximum absolute atomic E-state index is 10.8. The molecule has 1 rings (SSSR count). The van der Waals surface area contributed by atoms with E-state index in [9.17, 15) is 10.1 Å². The number of hydrogen-bond acceptors (Lipinski definition) is 4. The van der Waals surface area contributed by atoms with Crippen LogP contribution < -0.4 is 5.32 Å². The van der Waals surface area contributed by atoms with Crippen LogP contribution in [-0.4, -0.2) is 24.7 Å². The van der Waals surface area contributed by atoms with Crippen molar-refractivity contribution < 1.29 is 9.66 Å². The van der Waals surface area contributed by atoms with E-state index in [1.54, 1.807) is 20.1 Å². The molecule has 0 aromatic heterocycles. The highest BCUT2D eigenvalue weighted by Gasteiger charge is 2.14. The summed E-state index contributed by atoms with van der Waals surface area (Å²) in [6.07, 6.45) is 0.860. The molecule has 5 heteroatoms. The molecule has 0 aliphatic carbocycles. The molecule has 0 bridgehead atoms. The zero-order valence-electron chi connectivity index (χ0n) is 10.4. The summed E-state index contributed by atoms with van der Waals surface area (Å²) < 4.78 is 4.99. The van der Waals surface area contributed by atoms with Crippen molar-refractivity contribution in [2.24, 2.45) is 0 Å². The Kier molecular flexibility index (Phi) is 4.90. The van der Waals surface area contributed by atoms with Crippen LogP contribution in [0.2, 0.25) is 0 Å².